The average Bonchev–Trinajstić information content (AvgIpc) is 2.63. The summed E-state index contributed by atoms with van der Waals surface area (Å²) >= 11 is 0. The fourth-order valence-corrected chi connectivity index (χ4v) is 1.07. The SMILES string of the molecule is CCOC(=O)c1ccnn1CCOC. The zero-order valence-electron chi connectivity index (χ0n) is 8.40. The number of rotatable bonds is 5. The molecule has 78 valence electrons. The van der Waals surface area contributed by atoms with Gasteiger partial charge in [0, 0.05) is 13.3 Å². The first-order valence-corrected chi connectivity index (χ1v) is 4.47. The van der Waals surface area contributed by atoms with Crippen molar-refractivity contribution in [3.8, 4) is 0 Å². The number of hydrogen-bond donors (Lipinski definition) is 0. The molecule has 0 amide bonds. The Kier molecular flexibility index (Phi) is 4.12. The molecule has 1 aromatic heterocycles. The van der Waals surface area contributed by atoms with Crippen molar-refractivity contribution in [3.05, 3.63) is 18.0 Å². The molecule has 14 heavy (non-hydrogen) atoms. The van der Waals surface area contributed by atoms with Gasteiger partial charge in [-0.3, -0.25) is 4.68 Å². The van der Waals surface area contributed by atoms with E-state index in [0.29, 0.717) is 25.5 Å². The molecule has 0 atom stereocenters. The predicted octanol–water partition coefficient (Wildman–Crippen LogP) is 0.706. The fraction of sp³-hybridized carbons (Fsp3) is 0.556. The Morgan fingerprint density at radius 1 is 1.64 bits per heavy atom. The minimum atomic E-state index is -0.346. The fourth-order valence-electron chi connectivity index (χ4n) is 1.07. The Balaban J connectivity index is 2.66. The molecule has 0 unspecified atom stereocenters. The summed E-state index contributed by atoms with van der Waals surface area (Å²) in [6.07, 6.45) is 1.57. The van der Waals surface area contributed by atoms with Crippen LogP contribution in [0.5, 0.6) is 0 Å². The second kappa shape index (κ2) is 5.39. The molecule has 0 fully saturated rings. The summed E-state index contributed by atoms with van der Waals surface area (Å²) in [4.78, 5) is 11.4. The molecule has 1 heterocycles. The van der Waals surface area contributed by atoms with Gasteiger partial charge in [0.1, 0.15) is 5.69 Å². The van der Waals surface area contributed by atoms with E-state index in [2.05, 4.69) is 5.10 Å². The molecule has 1 rings (SSSR count). The van der Waals surface area contributed by atoms with Crippen LogP contribution in [0.3, 0.4) is 0 Å². The van der Waals surface area contributed by atoms with Gasteiger partial charge in [0.25, 0.3) is 0 Å². The third-order valence-corrected chi connectivity index (χ3v) is 1.71. The molecule has 0 aliphatic rings. The van der Waals surface area contributed by atoms with E-state index in [1.807, 2.05) is 0 Å². The van der Waals surface area contributed by atoms with Crippen LogP contribution in [0.15, 0.2) is 12.3 Å². The van der Waals surface area contributed by atoms with Crippen LogP contribution >= 0.6 is 0 Å². The molecule has 5 heteroatoms. The Hall–Kier alpha value is -1.36. The van der Waals surface area contributed by atoms with Crippen LogP contribution in [0.25, 0.3) is 0 Å². The summed E-state index contributed by atoms with van der Waals surface area (Å²) in [7, 11) is 1.60. The van der Waals surface area contributed by atoms with E-state index in [-0.39, 0.29) is 5.97 Å². The Labute approximate surface area is 82.6 Å². The van der Waals surface area contributed by atoms with E-state index in [0.717, 1.165) is 0 Å². The van der Waals surface area contributed by atoms with E-state index < -0.39 is 0 Å². The molecule has 0 bridgehead atoms. The van der Waals surface area contributed by atoms with Crippen LogP contribution in [0.4, 0.5) is 0 Å². The molecule has 0 radical (unpaired) electrons. The molecule has 0 aliphatic carbocycles. The Bertz CT molecular complexity index is 296. The summed E-state index contributed by atoms with van der Waals surface area (Å²) in [5, 5.41) is 3.99. The van der Waals surface area contributed by atoms with Gasteiger partial charge in [0.05, 0.1) is 19.8 Å². The lowest BCUT2D eigenvalue weighted by molar-refractivity contribution is 0.0509. The van der Waals surface area contributed by atoms with Crippen LogP contribution in [0.2, 0.25) is 0 Å². The standard InChI is InChI=1S/C9H14N2O3/c1-3-14-9(12)8-4-5-10-11(8)6-7-13-2/h4-5H,3,6-7H2,1-2H3. The van der Waals surface area contributed by atoms with E-state index in [1.165, 1.54) is 0 Å². The smallest absolute Gasteiger partial charge is 0.356 e. The van der Waals surface area contributed by atoms with Crippen LogP contribution in [-0.2, 0) is 16.0 Å². The lowest BCUT2D eigenvalue weighted by Gasteiger charge is -2.05. The second-order valence-corrected chi connectivity index (χ2v) is 2.65. The van der Waals surface area contributed by atoms with Crippen molar-refractivity contribution in [3.63, 3.8) is 0 Å². The van der Waals surface area contributed by atoms with Crippen molar-refractivity contribution >= 4 is 5.97 Å². The molecule has 0 aromatic carbocycles. The van der Waals surface area contributed by atoms with Gasteiger partial charge in [-0.1, -0.05) is 0 Å². The normalized spacial score (nSPS) is 10.1. The van der Waals surface area contributed by atoms with Crippen molar-refractivity contribution in [2.75, 3.05) is 20.3 Å². The van der Waals surface area contributed by atoms with E-state index in [9.17, 15) is 4.79 Å². The molecule has 0 saturated heterocycles. The minimum Gasteiger partial charge on any atom is -0.461 e. The van der Waals surface area contributed by atoms with Crippen LogP contribution in [-0.4, -0.2) is 36.1 Å². The molecular formula is C9H14N2O3. The number of carbonyl (C=O) groups is 1. The Morgan fingerprint density at radius 2 is 2.43 bits per heavy atom. The highest BCUT2D eigenvalue weighted by molar-refractivity contribution is 5.87. The topological polar surface area (TPSA) is 53.3 Å². The third kappa shape index (κ3) is 2.56. The monoisotopic (exact) mass is 198 g/mol. The van der Waals surface area contributed by atoms with E-state index in [1.54, 1.807) is 31.0 Å². The summed E-state index contributed by atoms with van der Waals surface area (Å²) in [5.74, 6) is -0.346. The number of esters is 1. The largest absolute Gasteiger partial charge is 0.461 e. The second-order valence-electron chi connectivity index (χ2n) is 2.65. The molecule has 0 N–H and O–H groups in total. The van der Waals surface area contributed by atoms with Crippen molar-refractivity contribution in [2.45, 2.75) is 13.5 Å². The van der Waals surface area contributed by atoms with Gasteiger partial charge in [-0.2, -0.15) is 5.10 Å². The molecule has 0 aliphatic heterocycles. The van der Waals surface area contributed by atoms with E-state index >= 15 is 0 Å². The summed E-state index contributed by atoms with van der Waals surface area (Å²) in [5.41, 5.74) is 0.462. The number of aromatic nitrogens is 2. The highest BCUT2D eigenvalue weighted by Gasteiger charge is 2.11. The Morgan fingerprint density at radius 3 is 3.07 bits per heavy atom. The number of nitrogens with zero attached hydrogens (tertiary/aromatic N) is 2. The number of hydrogen-bond acceptors (Lipinski definition) is 4. The van der Waals surface area contributed by atoms with Gasteiger partial charge in [0.15, 0.2) is 0 Å². The molecule has 0 spiro atoms. The lowest BCUT2D eigenvalue weighted by atomic mass is 10.4. The highest BCUT2D eigenvalue weighted by Crippen LogP contribution is 2.01. The first kappa shape index (κ1) is 10.7. The molecular weight excluding hydrogens is 184 g/mol. The van der Waals surface area contributed by atoms with Gasteiger partial charge in [-0.15, -0.1) is 0 Å². The first-order chi connectivity index (χ1) is 6.79. The molecule has 0 saturated carbocycles. The maximum atomic E-state index is 11.4. The van der Waals surface area contributed by atoms with Crippen molar-refractivity contribution in [1.82, 2.24) is 9.78 Å². The summed E-state index contributed by atoms with van der Waals surface area (Å²) < 4.78 is 11.3. The quantitative estimate of drug-likeness (QED) is 0.654. The van der Waals surface area contributed by atoms with Crippen LogP contribution in [0, 0.1) is 0 Å². The number of methoxy groups -OCH3 is 1. The number of ether oxygens (including phenoxy) is 2. The van der Waals surface area contributed by atoms with Gasteiger partial charge in [-0.05, 0) is 13.0 Å². The highest BCUT2D eigenvalue weighted by atomic mass is 16.5. The first-order valence-electron chi connectivity index (χ1n) is 4.47. The van der Waals surface area contributed by atoms with E-state index in [4.69, 9.17) is 9.47 Å². The van der Waals surface area contributed by atoms with Crippen molar-refractivity contribution in [1.29, 1.82) is 0 Å². The van der Waals surface area contributed by atoms with Crippen molar-refractivity contribution in [2.24, 2.45) is 0 Å². The van der Waals surface area contributed by atoms with Crippen LogP contribution in [0.1, 0.15) is 17.4 Å². The average molecular weight is 198 g/mol. The zero-order chi connectivity index (χ0) is 10.4. The number of carbonyl (C=O) groups excluding carboxylic acids is 1. The molecule has 5 nitrogen and oxygen atoms in total. The van der Waals surface area contributed by atoms with Crippen LogP contribution < -0.4 is 0 Å². The third-order valence-electron chi connectivity index (χ3n) is 1.71. The lowest BCUT2D eigenvalue weighted by Crippen LogP contribution is -2.15. The van der Waals surface area contributed by atoms with Gasteiger partial charge in [-0.25, -0.2) is 4.79 Å². The minimum absolute atomic E-state index is 0.346. The predicted molar refractivity (Wildman–Crippen MR) is 50.1 cm³/mol. The maximum Gasteiger partial charge on any atom is 0.356 e. The zero-order valence-corrected chi connectivity index (χ0v) is 8.40. The molecule has 1 aromatic rings. The van der Waals surface area contributed by atoms with Crippen molar-refractivity contribution < 1.29 is 14.3 Å². The summed E-state index contributed by atoms with van der Waals surface area (Å²) in [6, 6.07) is 1.63. The van der Waals surface area contributed by atoms with Gasteiger partial charge < -0.3 is 9.47 Å². The van der Waals surface area contributed by atoms with Gasteiger partial charge in [0.2, 0.25) is 0 Å². The van der Waals surface area contributed by atoms with Gasteiger partial charge >= 0.3 is 5.97 Å². The summed E-state index contributed by atoms with van der Waals surface area (Å²) in [6.45, 7) is 3.22. The maximum absolute atomic E-state index is 11.4.